The quantitative estimate of drug-likeness (QED) is 0.819. The molecule has 1 aromatic rings. The fourth-order valence-corrected chi connectivity index (χ4v) is 2.08. The number of primary sulfonamides is 1. The van der Waals surface area contributed by atoms with Crippen molar-refractivity contribution in [3.05, 3.63) is 29.3 Å². The highest BCUT2D eigenvalue weighted by atomic mass is 32.2. The van der Waals surface area contributed by atoms with Crippen LogP contribution in [0.25, 0.3) is 0 Å². The van der Waals surface area contributed by atoms with Gasteiger partial charge in [0.1, 0.15) is 0 Å². The number of hydrogen-bond acceptors (Lipinski definition) is 4. The lowest BCUT2D eigenvalue weighted by Gasteiger charge is -2.12. The molecule has 0 aliphatic carbocycles. The maximum atomic E-state index is 11.9. The molecule has 0 saturated carbocycles. The Bertz CT molecular complexity index is 569. The highest BCUT2D eigenvalue weighted by Crippen LogP contribution is 2.14. The van der Waals surface area contributed by atoms with Crippen molar-refractivity contribution in [1.82, 2.24) is 5.32 Å². The van der Waals surface area contributed by atoms with Crippen molar-refractivity contribution in [1.29, 1.82) is 0 Å². The molecular formula is C12H18N2O4S. The Morgan fingerprint density at radius 1 is 1.47 bits per heavy atom. The molecule has 1 amide bonds. The van der Waals surface area contributed by atoms with Crippen molar-refractivity contribution >= 4 is 15.9 Å². The molecule has 1 aromatic carbocycles. The summed E-state index contributed by atoms with van der Waals surface area (Å²) < 4.78 is 27.4. The van der Waals surface area contributed by atoms with E-state index in [1.54, 1.807) is 14.0 Å². The molecule has 0 spiro atoms. The third kappa shape index (κ3) is 4.30. The van der Waals surface area contributed by atoms with Crippen molar-refractivity contribution in [3.8, 4) is 0 Å². The Labute approximate surface area is 113 Å². The summed E-state index contributed by atoms with van der Waals surface area (Å²) in [7, 11) is -2.19. The van der Waals surface area contributed by atoms with Gasteiger partial charge in [-0.2, -0.15) is 0 Å². The minimum atomic E-state index is -3.75. The number of hydrogen-bond donors (Lipinski definition) is 2. The van der Waals surface area contributed by atoms with Crippen molar-refractivity contribution in [2.24, 2.45) is 5.14 Å². The van der Waals surface area contributed by atoms with Crippen LogP contribution >= 0.6 is 0 Å². The van der Waals surface area contributed by atoms with E-state index in [0.717, 1.165) is 0 Å². The van der Waals surface area contributed by atoms with Crippen LogP contribution in [-0.2, 0) is 14.8 Å². The Balaban J connectivity index is 2.88. The second-order valence-electron chi connectivity index (χ2n) is 4.28. The fourth-order valence-electron chi connectivity index (χ4n) is 1.48. The topological polar surface area (TPSA) is 98.5 Å². The number of ether oxygens (including phenoxy) is 1. The van der Waals surface area contributed by atoms with Crippen LogP contribution in [0.3, 0.4) is 0 Å². The minimum Gasteiger partial charge on any atom is -0.380 e. The first-order valence-electron chi connectivity index (χ1n) is 5.70. The second kappa shape index (κ2) is 6.14. The van der Waals surface area contributed by atoms with Crippen LogP contribution in [0.15, 0.2) is 23.1 Å². The van der Waals surface area contributed by atoms with Gasteiger partial charge in [0.25, 0.3) is 5.91 Å². The zero-order valence-electron chi connectivity index (χ0n) is 11.1. The summed E-state index contributed by atoms with van der Waals surface area (Å²) in [4.78, 5) is 11.9. The molecule has 0 aliphatic heterocycles. The van der Waals surface area contributed by atoms with E-state index in [1.165, 1.54) is 18.2 Å². The molecule has 6 nitrogen and oxygen atoms in total. The maximum Gasteiger partial charge on any atom is 0.251 e. The summed E-state index contributed by atoms with van der Waals surface area (Å²) in [6, 6.07) is 4.14. The van der Waals surface area contributed by atoms with Gasteiger partial charge in [-0.1, -0.05) is 0 Å². The molecule has 1 unspecified atom stereocenters. The highest BCUT2D eigenvalue weighted by Gasteiger charge is 2.14. The van der Waals surface area contributed by atoms with Gasteiger partial charge in [0.15, 0.2) is 0 Å². The number of carbonyl (C=O) groups is 1. The zero-order valence-corrected chi connectivity index (χ0v) is 12.0. The van der Waals surface area contributed by atoms with E-state index in [9.17, 15) is 13.2 Å². The van der Waals surface area contributed by atoms with Crippen molar-refractivity contribution in [3.63, 3.8) is 0 Å². The first-order valence-corrected chi connectivity index (χ1v) is 7.24. The van der Waals surface area contributed by atoms with Gasteiger partial charge in [-0.05, 0) is 37.6 Å². The minimum absolute atomic E-state index is 0.00758. The maximum absolute atomic E-state index is 11.9. The molecule has 3 N–H and O–H groups in total. The van der Waals surface area contributed by atoms with Gasteiger partial charge in [-0.25, -0.2) is 13.6 Å². The number of carbonyl (C=O) groups excluding carboxylic acids is 1. The highest BCUT2D eigenvalue weighted by molar-refractivity contribution is 7.89. The molecular weight excluding hydrogens is 268 g/mol. The summed E-state index contributed by atoms with van der Waals surface area (Å²) in [5.74, 6) is -0.276. The monoisotopic (exact) mass is 286 g/mol. The predicted octanol–water partition coefficient (Wildman–Crippen LogP) is 0.407. The molecule has 0 aromatic heterocycles. The van der Waals surface area contributed by atoms with E-state index in [2.05, 4.69) is 5.32 Å². The van der Waals surface area contributed by atoms with Crippen molar-refractivity contribution in [2.45, 2.75) is 24.8 Å². The van der Waals surface area contributed by atoms with Gasteiger partial charge < -0.3 is 10.1 Å². The first-order chi connectivity index (χ1) is 8.75. The lowest BCUT2D eigenvalue weighted by atomic mass is 10.1. The molecule has 7 heteroatoms. The number of sulfonamides is 1. The summed E-state index contributed by atoms with van der Waals surface area (Å²) in [6.45, 7) is 3.87. The number of nitrogens with two attached hydrogens (primary N) is 1. The van der Waals surface area contributed by atoms with Crippen LogP contribution in [-0.4, -0.2) is 34.1 Å². The third-order valence-electron chi connectivity index (χ3n) is 2.72. The van der Waals surface area contributed by atoms with E-state index >= 15 is 0 Å². The lowest BCUT2D eigenvalue weighted by Crippen LogP contribution is -2.32. The van der Waals surface area contributed by atoms with Gasteiger partial charge >= 0.3 is 0 Å². The van der Waals surface area contributed by atoms with E-state index in [-0.39, 0.29) is 16.9 Å². The summed E-state index contributed by atoms with van der Waals surface area (Å²) in [5.41, 5.74) is 0.963. The number of aryl methyl sites for hydroxylation is 1. The third-order valence-corrected chi connectivity index (χ3v) is 3.63. The van der Waals surface area contributed by atoms with Gasteiger partial charge in [-0.3, -0.25) is 4.79 Å². The zero-order chi connectivity index (χ0) is 14.6. The molecule has 0 bridgehead atoms. The normalized spacial score (nSPS) is 13.1. The van der Waals surface area contributed by atoms with Crippen LogP contribution in [0, 0.1) is 6.92 Å². The Morgan fingerprint density at radius 2 is 2.11 bits per heavy atom. The second-order valence-corrected chi connectivity index (χ2v) is 5.84. The predicted molar refractivity (Wildman–Crippen MR) is 71.4 cm³/mol. The average molecular weight is 286 g/mol. The van der Waals surface area contributed by atoms with Gasteiger partial charge in [0.05, 0.1) is 11.0 Å². The standard InChI is InChI=1S/C12H18N2O4S/c1-8-6-10(19(13,16)17)4-5-11(8)12(15)14-7-9(2)18-3/h4-6,9H,7H2,1-3H3,(H,14,15)(H2,13,16,17). The number of rotatable bonds is 5. The van der Waals surface area contributed by atoms with E-state index in [4.69, 9.17) is 9.88 Å². The van der Waals surface area contributed by atoms with Crippen LogP contribution < -0.4 is 10.5 Å². The number of amides is 1. The molecule has 19 heavy (non-hydrogen) atoms. The summed E-state index contributed by atoms with van der Waals surface area (Å²) >= 11 is 0. The van der Waals surface area contributed by atoms with E-state index in [1.807, 2.05) is 6.92 Å². The van der Waals surface area contributed by atoms with Crippen LogP contribution in [0.2, 0.25) is 0 Å². The molecule has 0 radical (unpaired) electrons. The van der Waals surface area contributed by atoms with Gasteiger partial charge in [-0.15, -0.1) is 0 Å². The average Bonchev–Trinajstić information content (AvgIpc) is 2.34. The van der Waals surface area contributed by atoms with Crippen LogP contribution in [0.4, 0.5) is 0 Å². The molecule has 106 valence electrons. The number of nitrogens with one attached hydrogen (secondary N) is 1. The smallest absolute Gasteiger partial charge is 0.251 e. The lowest BCUT2D eigenvalue weighted by molar-refractivity contribution is 0.0870. The first kappa shape index (κ1) is 15.6. The van der Waals surface area contributed by atoms with Crippen molar-refractivity contribution in [2.75, 3.05) is 13.7 Å². The Hall–Kier alpha value is -1.44. The van der Waals surface area contributed by atoms with Crippen LogP contribution in [0.5, 0.6) is 0 Å². The fraction of sp³-hybridized carbons (Fsp3) is 0.417. The van der Waals surface area contributed by atoms with Crippen molar-refractivity contribution < 1.29 is 17.9 Å². The Morgan fingerprint density at radius 3 is 2.58 bits per heavy atom. The molecule has 0 aliphatic rings. The summed E-state index contributed by atoms with van der Waals surface area (Å²) in [5, 5.41) is 7.73. The largest absolute Gasteiger partial charge is 0.380 e. The van der Waals surface area contributed by atoms with Gasteiger partial charge in [0, 0.05) is 19.2 Å². The SMILES string of the molecule is COC(C)CNC(=O)c1ccc(S(N)(=O)=O)cc1C. The molecule has 0 heterocycles. The molecule has 1 rings (SSSR count). The van der Waals surface area contributed by atoms with Gasteiger partial charge in [0.2, 0.25) is 10.0 Å². The molecule has 0 fully saturated rings. The Kier molecular flexibility index (Phi) is 5.04. The number of methoxy groups -OCH3 is 1. The summed E-state index contributed by atoms with van der Waals surface area (Å²) in [6.07, 6.45) is -0.0899. The number of benzene rings is 1. The molecule has 0 saturated heterocycles. The van der Waals surface area contributed by atoms with E-state index < -0.39 is 10.0 Å². The molecule has 1 atom stereocenters. The van der Waals surface area contributed by atoms with Crippen LogP contribution in [0.1, 0.15) is 22.8 Å². The van der Waals surface area contributed by atoms with E-state index in [0.29, 0.717) is 17.7 Å².